The second-order valence-electron chi connectivity index (χ2n) is 8.95. The molecule has 0 unspecified atom stereocenters. The summed E-state index contributed by atoms with van der Waals surface area (Å²) >= 11 is 1.44. The molecule has 2 heterocycles. The molecule has 2 aromatic rings. The Morgan fingerprint density at radius 3 is 2.55 bits per heavy atom. The predicted octanol–water partition coefficient (Wildman–Crippen LogP) is 3.73. The molecular weight excluding hydrogens is 458 g/mol. The van der Waals surface area contributed by atoms with Gasteiger partial charge in [-0.3, -0.25) is 0 Å². The molecule has 33 heavy (non-hydrogen) atoms. The molecule has 0 aliphatic carbocycles. The lowest BCUT2D eigenvalue weighted by Gasteiger charge is -2.35. The molecule has 0 amide bonds. The SMILES string of the molecule is CN(C)S(=O)(=O)c1cccc2c1Sc1ccc(O)cc1N2CCCN1CCC(CCO)CC1. The quantitative estimate of drug-likeness (QED) is 0.582. The summed E-state index contributed by atoms with van der Waals surface area (Å²) in [5, 5.41) is 19.3. The fraction of sp³-hybridized carbons (Fsp3) is 0.500. The first-order valence-corrected chi connectivity index (χ1v) is 13.7. The van der Waals surface area contributed by atoms with Gasteiger partial charge < -0.3 is 20.0 Å². The van der Waals surface area contributed by atoms with E-state index in [9.17, 15) is 18.6 Å². The van der Waals surface area contributed by atoms with Crippen molar-refractivity contribution in [2.75, 3.05) is 51.8 Å². The predicted molar refractivity (Wildman–Crippen MR) is 132 cm³/mol. The van der Waals surface area contributed by atoms with Crippen molar-refractivity contribution in [2.24, 2.45) is 5.92 Å². The number of phenolic OH excluding ortho intramolecular Hbond substituents is 1. The van der Waals surface area contributed by atoms with Gasteiger partial charge in [0.15, 0.2) is 0 Å². The molecule has 4 rings (SSSR count). The van der Waals surface area contributed by atoms with Crippen LogP contribution in [0.3, 0.4) is 0 Å². The van der Waals surface area contributed by atoms with Crippen molar-refractivity contribution in [3.63, 3.8) is 0 Å². The highest BCUT2D eigenvalue weighted by molar-refractivity contribution is 8.00. The van der Waals surface area contributed by atoms with E-state index in [1.54, 1.807) is 38.4 Å². The number of rotatable bonds is 8. The lowest BCUT2D eigenvalue weighted by molar-refractivity contribution is 0.158. The van der Waals surface area contributed by atoms with Crippen LogP contribution < -0.4 is 4.90 Å². The number of likely N-dealkylation sites (tertiary alicyclic amines) is 1. The third-order valence-electron chi connectivity index (χ3n) is 6.55. The number of sulfonamides is 1. The van der Waals surface area contributed by atoms with Gasteiger partial charge in [-0.1, -0.05) is 17.8 Å². The summed E-state index contributed by atoms with van der Waals surface area (Å²) in [6.45, 7) is 4.08. The molecule has 0 aromatic heterocycles. The van der Waals surface area contributed by atoms with Crippen molar-refractivity contribution in [2.45, 2.75) is 40.4 Å². The second kappa shape index (κ2) is 10.2. The van der Waals surface area contributed by atoms with Gasteiger partial charge in [0.05, 0.1) is 21.2 Å². The van der Waals surface area contributed by atoms with E-state index in [2.05, 4.69) is 9.80 Å². The van der Waals surface area contributed by atoms with Crippen molar-refractivity contribution in [3.05, 3.63) is 36.4 Å². The normalized spacial score (nSPS) is 17.3. The van der Waals surface area contributed by atoms with Crippen molar-refractivity contribution < 1.29 is 18.6 Å². The van der Waals surface area contributed by atoms with Crippen LogP contribution in [0.2, 0.25) is 0 Å². The molecule has 0 saturated carbocycles. The molecule has 0 spiro atoms. The summed E-state index contributed by atoms with van der Waals surface area (Å²) in [7, 11) is -0.487. The first-order chi connectivity index (χ1) is 15.8. The fourth-order valence-electron chi connectivity index (χ4n) is 4.64. The van der Waals surface area contributed by atoms with Crippen molar-refractivity contribution in [3.8, 4) is 5.75 Å². The van der Waals surface area contributed by atoms with Gasteiger partial charge in [-0.2, -0.15) is 0 Å². The minimum atomic E-state index is -3.59. The number of phenols is 1. The largest absolute Gasteiger partial charge is 0.508 e. The highest BCUT2D eigenvalue weighted by Gasteiger charge is 2.31. The number of hydrogen-bond acceptors (Lipinski definition) is 7. The Balaban J connectivity index is 1.56. The van der Waals surface area contributed by atoms with E-state index in [1.807, 2.05) is 12.1 Å². The van der Waals surface area contributed by atoms with Crippen LogP contribution in [0, 0.1) is 5.92 Å². The molecule has 180 valence electrons. The van der Waals surface area contributed by atoms with Gasteiger partial charge in [0.2, 0.25) is 10.0 Å². The van der Waals surface area contributed by atoms with E-state index in [1.165, 1.54) is 16.1 Å². The first-order valence-electron chi connectivity index (χ1n) is 11.5. The third kappa shape index (κ3) is 5.17. The summed E-state index contributed by atoms with van der Waals surface area (Å²) in [6.07, 6.45) is 4.08. The number of piperidine rings is 1. The van der Waals surface area contributed by atoms with E-state index < -0.39 is 10.0 Å². The summed E-state index contributed by atoms with van der Waals surface area (Å²) in [5.74, 6) is 0.829. The molecule has 0 radical (unpaired) electrons. The molecule has 2 aliphatic heterocycles. The van der Waals surface area contributed by atoms with Gasteiger partial charge in [-0.15, -0.1) is 0 Å². The second-order valence-corrected chi connectivity index (χ2v) is 12.1. The fourth-order valence-corrected chi connectivity index (χ4v) is 7.14. The molecule has 7 nitrogen and oxygen atoms in total. The lowest BCUT2D eigenvalue weighted by Crippen LogP contribution is -2.36. The minimum absolute atomic E-state index is 0.200. The van der Waals surface area contributed by atoms with Gasteiger partial charge in [0.1, 0.15) is 5.75 Å². The van der Waals surface area contributed by atoms with Crippen LogP contribution in [0.15, 0.2) is 51.1 Å². The molecule has 1 saturated heterocycles. The molecule has 1 fully saturated rings. The molecular formula is C24H33N3O4S2. The highest BCUT2D eigenvalue weighted by atomic mass is 32.2. The lowest BCUT2D eigenvalue weighted by atomic mass is 9.94. The number of aliphatic hydroxyl groups is 1. The molecule has 2 aliphatic rings. The maximum Gasteiger partial charge on any atom is 0.243 e. The van der Waals surface area contributed by atoms with E-state index in [0.717, 1.165) is 73.0 Å². The number of aliphatic hydroxyl groups excluding tert-OH is 1. The van der Waals surface area contributed by atoms with Gasteiger partial charge in [0.25, 0.3) is 0 Å². The zero-order valence-electron chi connectivity index (χ0n) is 19.3. The zero-order chi connectivity index (χ0) is 23.6. The molecule has 2 N–H and O–H groups in total. The summed E-state index contributed by atoms with van der Waals surface area (Å²) in [4.78, 5) is 6.60. The Labute approximate surface area is 201 Å². The number of hydrogen-bond donors (Lipinski definition) is 2. The number of anilines is 2. The van der Waals surface area contributed by atoms with Crippen molar-refractivity contribution >= 4 is 33.2 Å². The monoisotopic (exact) mass is 491 g/mol. The van der Waals surface area contributed by atoms with Crippen LogP contribution in [0.5, 0.6) is 5.75 Å². The van der Waals surface area contributed by atoms with E-state index in [-0.39, 0.29) is 12.4 Å². The number of aromatic hydroxyl groups is 1. The smallest absolute Gasteiger partial charge is 0.243 e. The van der Waals surface area contributed by atoms with Gasteiger partial charge in [0, 0.05) is 38.2 Å². The Hall–Kier alpha value is -1.78. The van der Waals surface area contributed by atoms with Crippen molar-refractivity contribution in [1.82, 2.24) is 9.21 Å². The first kappa shape index (κ1) is 24.3. The van der Waals surface area contributed by atoms with Crippen LogP contribution in [0.4, 0.5) is 11.4 Å². The Morgan fingerprint density at radius 2 is 1.85 bits per heavy atom. The highest BCUT2D eigenvalue weighted by Crippen LogP contribution is 2.51. The maximum absolute atomic E-state index is 13.0. The summed E-state index contributed by atoms with van der Waals surface area (Å²) < 4.78 is 27.3. The standard InChI is InChI=1S/C24H33N3O4S2/c1-25(2)33(30,31)23-6-3-5-20-24(23)32-22-8-7-19(29)17-21(22)27(20)13-4-12-26-14-9-18(10-15-26)11-16-28/h3,5-8,17-18,28-29H,4,9-16H2,1-2H3. The zero-order valence-corrected chi connectivity index (χ0v) is 20.9. The van der Waals surface area contributed by atoms with Crippen LogP contribution in [-0.4, -0.2) is 74.7 Å². The Morgan fingerprint density at radius 1 is 1.09 bits per heavy atom. The minimum Gasteiger partial charge on any atom is -0.508 e. The van der Waals surface area contributed by atoms with E-state index in [4.69, 9.17) is 0 Å². The molecule has 0 bridgehead atoms. The van der Waals surface area contributed by atoms with Crippen LogP contribution >= 0.6 is 11.8 Å². The molecule has 0 atom stereocenters. The average molecular weight is 492 g/mol. The number of fused-ring (bicyclic) bond motifs is 2. The third-order valence-corrected chi connectivity index (χ3v) is 9.74. The van der Waals surface area contributed by atoms with Gasteiger partial charge in [-0.25, -0.2) is 12.7 Å². The van der Waals surface area contributed by atoms with Gasteiger partial charge in [-0.05, 0) is 75.5 Å². The number of benzene rings is 2. The summed E-state index contributed by atoms with van der Waals surface area (Å²) in [6, 6.07) is 10.7. The van der Waals surface area contributed by atoms with Crippen LogP contribution in [0.1, 0.15) is 25.7 Å². The Bertz CT molecular complexity index is 1080. The Kier molecular flexibility index (Phi) is 7.55. The topological polar surface area (TPSA) is 84.3 Å². The molecule has 2 aromatic carbocycles. The summed E-state index contributed by atoms with van der Waals surface area (Å²) in [5.41, 5.74) is 1.77. The van der Waals surface area contributed by atoms with Crippen LogP contribution in [0.25, 0.3) is 0 Å². The number of nitrogens with zero attached hydrogens (tertiary/aromatic N) is 3. The van der Waals surface area contributed by atoms with E-state index in [0.29, 0.717) is 10.8 Å². The molecule has 9 heteroatoms. The van der Waals surface area contributed by atoms with Crippen molar-refractivity contribution in [1.29, 1.82) is 0 Å². The average Bonchev–Trinajstić information content (AvgIpc) is 2.79. The maximum atomic E-state index is 13.0. The van der Waals surface area contributed by atoms with Crippen LogP contribution in [-0.2, 0) is 10.0 Å². The van der Waals surface area contributed by atoms with E-state index >= 15 is 0 Å². The van der Waals surface area contributed by atoms with Gasteiger partial charge >= 0.3 is 0 Å².